The van der Waals surface area contributed by atoms with Crippen molar-refractivity contribution in [3.8, 4) is 0 Å². The molecule has 1 aromatic heterocycles. The van der Waals surface area contributed by atoms with Gasteiger partial charge in [0, 0.05) is 18.0 Å². The fraction of sp³-hybridized carbons (Fsp3) is 0.368. The fourth-order valence-electron chi connectivity index (χ4n) is 2.51. The Kier molecular flexibility index (Phi) is 7.73. The molecule has 2 aromatic rings. The topological polar surface area (TPSA) is 92.8 Å². The summed E-state index contributed by atoms with van der Waals surface area (Å²) in [7, 11) is -3.69. The third kappa shape index (κ3) is 5.40. The quantitative estimate of drug-likeness (QED) is 0.625. The number of ether oxygens (including phenoxy) is 1. The molecule has 1 N–H and O–H groups in total. The monoisotopic (exact) mass is 424 g/mol. The molecule has 9 heteroatoms. The maximum absolute atomic E-state index is 12.6. The largest absolute Gasteiger partial charge is 0.449 e. The maximum Gasteiger partial charge on any atom is 0.338 e. The van der Waals surface area contributed by atoms with Crippen LogP contribution in [0.4, 0.5) is 0 Å². The molecule has 0 saturated heterocycles. The first-order valence-corrected chi connectivity index (χ1v) is 11.2. The Labute approximate surface area is 169 Å². The van der Waals surface area contributed by atoms with Crippen LogP contribution in [0.5, 0.6) is 0 Å². The summed E-state index contributed by atoms with van der Waals surface area (Å²) in [6.07, 6.45) is -1.00. The highest BCUT2D eigenvalue weighted by atomic mass is 32.2. The lowest BCUT2D eigenvalue weighted by Crippen LogP contribution is -2.35. The average molecular weight is 425 g/mol. The Morgan fingerprint density at radius 2 is 1.89 bits per heavy atom. The molecule has 0 spiro atoms. The first-order valence-electron chi connectivity index (χ1n) is 8.90. The van der Waals surface area contributed by atoms with Crippen LogP contribution in [0.2, 0.25) is 0 Å². The number of benzene rings is 1. The zero-order chi connectivity index (χ0) is 20.7. The minimum absolute atomic E-state index is 0.0143. The zero-order valence-electron chi connectivity index (χ0n) is 16.0. The minimum Gasteiger partial charge on any atom is -0.449 e. The highest BCUT2D eigenvalue weighted by molar-refractivity contribution is 7.89. The molecule has 1 aromatic carbocycles. The molecule has 28 heavy (non-hydrogen) atoms. The average Bonchev–Trinajstić information content (AvgIpc) is 3.20. The van der Waals surface area contributed by atoms with Gasteiger partial charge in [0.05, 0.1) is 17.0 Å². The van der Waals surface area contributed by atoms with Gasteiger partial charge in [0.15, 0.2) is 6.10 Å². The first-order chi connectivity index (χ1) is 13.3. The number of hydrogen-bond acceptors (Lipinski definition) is 6. The van der Waals surface area contributed by atoms with Crippen molar-refractivity contribution in [2.75, 3.05) is 13.1 Å². The van der Waals surface area contributed by atoms with E-state index < -0.39 is 28.0 Å². The van der Waals surface area contributed by atoms with E-state index in [1.807, 2.05) is 17.5 Å². The third-order valence-corrected chi connectivity index (χ3v) is 7.01. The van der Waals surface area contributed by atoms with E-state index in [-0.39, 0.29) is 10.5 Å². The van der Waals surface area contributed by atoms with Crippen LogP contribution >= 0.6 is 11.3 Å². The summed E-state index contributed by atoms with van der Waals surface area (Å²) in [6, 6.07) is 9.42. The van der Waals surface area contributed by atoms with Crippen molar-refractivity contribution in [2.45, 2.75) is 38.3 Å². The summed E-state index contributed by atoms with van der Waals surface area (Å²) >= 11 is 1.51. The highest BCUT2D eigenvalue weighted by Crippen LogP contribution is 2.18. The number of carbonyl (C=O) groups excluding carboxylic acids is 2. The highest BCUT2D eigenvalue weighted by Gasteiger charge is 2.24. The van der Waals surface area contributed by atoms with Crippen LogP contribution in [-0.4, -0.2) is 43.8 Å². The van der Waals surface area contributed by atoms with Gasteiger partial charge in [-0.1, -0.05) is 26.0 Å². The van der Waals surface area contributed by atoms with Crippen molar-refractivity contribution in [1.82, 2.24) is 9.62 Å². The van der Waals surface area contributed by atoms with Gasteiger partial charge in [-0.05, 0) is 36.6 Å². The van der Waals surface area contributed by atoms with Crippen LogP contribution in [0.25, 0.3) is 0 Å². The Morgan fingerprint density at radius 3 is 2.50 bits per heavy atom. The molecule has 1 unspecified atom stereocenters. The lowest BCUT2D eigenvalue weighted by atomic mass is 10.2. The molecule has 0 aliphatic carbocycles. The summed E-state index contributed by atoms with van der Waals surface area (Å²) in [5.74, 6) is -1.18. The molecule has 0 aliphatic rings. The number of amides is 1. The summed E-state index contributed by atoms with van der Waals surface area (Å²) < 4.78 is 31.7. The Morgan fingerprint density at radius 1 is 1.18 bits per heavy atom. The number of nitrogens with one attached hydrogen (secondary N) is 1. The van der Waals surface area contributed by atoms with Crippen molar-refractivity contribution >= 4 is 33.2 Å². The molecule has 1 atom stereocenters. The SMILES string of the molecule is CCN(CC)S(=O)(=O)c1cccc(C(=O)OC(C)C(=O)NCc2cccs2)c1. The number of thiophene rings is 1. The summed E-state index contributed by atoms with van der Waals surface area (Å²) in [5, 5.41) is 4.61. The van der Waals surface area contributed by atoms with Gasteiger partial charge in [-0.2, -0.15) is 4.31 Å². The molecule has 152 valence electrons. The van der Waals surface area contributed by atoms with Gasteiger partial charge in [-0.25, -0.2) is 13.2 Å². The smallest absolute Gasteiger partial charge is 0.338 e. The van der Waals surface area contributed by atoms with E-state index in [4.69, 9.17) is 4.74 Å². The number of nitrogens with zero attached hydrogens (tertiary/aromatic N) is 1. The number of hydrogen-bond donors (Lipinski definition) is 1. The predicted molar refractivity (Wildman–Crippen MR) is 108 cm³/mol. The lowest BCUT2D eigenvalue weighted by molar-refractivity contribution is -0.129. The van der Waals surface area contributed by atoms with Gasteiger partial charge in [0.1, 0.15) is 0 Å². The second-order valence-electron chi connectivity index (χ2n) is 5.96. The van der Waals surface area contributed by atoms with E-state index in [1.165, 1.54) is 46.8 Å². The van der Waals surface area contributed by atoms with E-state index in [1.54, 1.807) is 13.8 Å². The molecular formula is C19H24N2O5S2. The molecule has 0 aliphatic heterocycles. The predicted octanol–water partition coefficient (Wildman–Crippen LogP) is 2.64. The van der Waals surface area contributed by atoms with Gasteiger partial charge in [-0.15, -0.1) is 11.3 Å². The van der Waals surface area contributed by atoms with Crippen molar-refractivity contribution in [3.05, 3.63) is 52.2 Å². The van der Waals surface area contributed by atoms with Crippen LogP contribution in [0.15, 0.2) is 46.7 Å². The molecular weight excluding hydrogens is 400 g/mol. The number of esters is 1. The van der Waals surface area contributed by atoms with Gasteiger partial charge in [0.25, 0.3) is 5.91 Å². The summed E-state index contributed by atoms with van der Waals surface area (Å²) in [5.41, 5.74) is 0.0751. The van der Waals surface area contributed by atoms with E-state index in [0.717, 1.165) is 4.88 Å². The Hall–Kier alpha value is -2.23. The van der Waals surface area contributed by atoms with Crippen LogP contribution in [0, 0.1) is 0 Å². The summed E-state index contributed by atoms with van der Waals surface area (Å²) in [6.45, 7) is 5.98. The van der Waals surface area contributed by atoms with Gasteiger partial charge >= 0.3 is 5.97 Å². The number of sulfonamides is 1. The van der Waals surface area contributed by atoms with Crippen LogP contribution in [0.3, 0.4) is 0 Å². The Bertz CT molecular complexity index is 906. The van der Waals surface area contributed by atoms with Gasteiger partial charge in [-0.3, -0.25) is 4.79 Å². The standard InChI is InChI=1S/C19H24N2O5S2/c1-4-21(5-2)28(24,25)17-10-6-8-15(12-17)19(23)26-14(3)18(22)20-13-16-9-7-11-27-16/h6-12,14H,4-5,13H2,1-3H3,(H,20,22). The number of rotatable bonds is 9. The minimum atomic E-state index is -3.69. The van der Waals surface area contributed by atoms with Gasteiger partial charge in [0.2, 0.25) is 10.0 Å². The normalized spacial score (nSPS) is 12.6. The van der Waals surface area contributed by atoms with Crippen molar-refractivity contribution in [3.63, 3.8) is 0 Å². The molecule has 0 radical (unpaired) electrons. The van der Waals surface area contributed by atoms with Crippen LogP contribution in [0.1, 0.15) is 36.0 Å². The lowest BCUT2D eigenvalue weighted by Gasteiger charge is -2.19. The summed E-state index contributed by atoms with van der Waals surface area (Å²) in [4.78, 5) is 25.5. The zero-order valence-corrected chi connectivity index (χ0v) is 17.7. The molecule has 1 heterocycles. The molecule has 1 amide bonds. The maximum atomic E-state index is 12.6. The second kappa shape index (κ2) is 9.81. The molecule has 7 nitrogen and oxygen atoms in total. The molecule has 0 bridgehead atoms. The fourth-order valence-corrected chi connectivity index (χ4v) is 4.66. The Balaban J connectivity index is 2.05. The van der Waals surface area contributed by atoms with Crippen molar-refractivity contribution in [1.29, 1.82) is 0 Å². The van der Waals surface area contributed by atoms with E-state index in [2.05, 4.69) is 5.32 Å². The van der Waals surface area contributed by atoms with E-state index in [0.29, 0.717) is 19.6 Å². The van der Waals surface area contributed by atoms with E-state index in [9.17, 15) is 18.0 Å². The molecule has 0 fully saturated rings. The third-order valence-electron chi connectivity index (χ3n) is 4.08. The van der Waals surface area contributed by atoms with E-state index >= 15 is 0 Å². The first kappa shape index (κ1) is 22.1. The second-order valence-corrected chi connectivity index (χ2v) is 8.93. The van der Waals surface area contributed by atoms with Crippen molar-refractivity contribution in [2.24, 2.45) is 0 Å². The van der Waals surface area contributed by atoms with Crippen molar-refractivity contribution < 1.29 is 22.7 Å². The molecule has 2 rings (SSSR count). The van der Waals surface area contributed by atoms with Crippen LogP contribution in [-0.2, 0) is 26.1 Å². The number of carbonyl (C=O) groups is 2. The van der Waals surface area contributed by atoms with Crippen LogP contribution < -0.4 is 5.32 Å². The molecule has 0 saturated carbocycles. The van der Waals surface area contributed by atoms with Gasteiger partial charge < -0.3 is 10.1 Å².